The van der Waals surface area contributed by atoms with E-state index in [2.05, 4.69) is 15.3 Å². The monoisotopic (exact) mass is 313 g/mol. The number of rotatable bonds is 7. The molecule has 1 aromatic heterocycles. The summed E-state index contributed by atoms with van der Waals surface area (Å²) in [6.45, 7) is 1.90. The number of carboxylic acid groups (broad SMARTS) is 1. The van der Waals surface area contributed by atoms with Gasteiger partial charge in [0.05, 0.1) is 0 Å². The highest BCUT2D eigenvalue weighted by atomic mass is 16.4. The molecule has 0 saturated heterocycles. The molecule has 0 aliphatic carbocycles. The molecular weight excluding hydrogens is 294 g/mol. The molecule has 120 valence electrons. The molecule has 2 rings (SSSR count). The molecule has 1 aromatic carbocycles. The van der Waals surface area contributed by atoms with E-state index >= 15 is 0 Å². The Bertz CT molecular complexity index is 701. The van der Waals surface area contributed by atoms with E-state index in [9.17, 15) is 9.59 Å². The highest BCUT2D eigenvalue weighted by Crippen LogP contribution is 2.19. The summed E-state index contributed by atoms with van der Waals surface area (Å²) in [5, 5.41) is 11.4. The van der Waals surface area contributed by atoms with Crippen LogP contribution in [-0.2, 0) is 9.59 Å². The number of hydrogen-bond donors (Lipinski definition) is 2. The van der Waals surface area contributed by atoms with Crippen molar-refractivity contribution in [1.29, 1.82) is 0 Å². The minimum absolute atomic E-state index is 0.0907. The van der Waals surface area contributed by atoms with Crippen molar-refractivity contribution in [1.82, 2.24) is 9.97 Å². The Balaban J connectivity index is 1.95. The van der Waals surface area contributed by atoms with E-state index in [0.29, 0.717) is 30.8 Å². The number of aromatic nitrogens is 2. The second-order valence-corrected chi connectivity index (χ2v) is 5.25. The first-order valence-electron chi connectivity index (χ1n) is 7.46. The normalized spacial score (nSPS) is 10.3. The predicted molar refractivity (Wildman–Crippen MR) is 86.9 cm³/mol. The molecule has 0 unspecified atom stereocenters. The average molecular weight is 313 g/mol. The van der Waals surface area contributed by atoms with Gasteiger partial charge >= 0.3 is 5.97 Å². The molecule has 0 fully saturated rings. The first-order chi connectivity index (χ1) is 11.0. The van der Waals surface area contributed by atoms with Gasteiger partial charge in [-0.15, -0.1) is 0 Å². The highest BCUT2D eigenvalue weighted by Gasteiger charge is 2.06. The second-order valence-electron chi connectivity index (χ2n) is 5.25. The van der Waals surface area contributed by atoms with Crippen molar-refractivity contribution in [3.63, 3.8) is 0 Å². The highest BCUT2D eigenvalue weighted by molar-refractivity contribution is 5.91. The van der Waals surface area contributed by atoms with Crippen molar-refractivity contribution in [2.45, 2.75) is 32.6 Å². The number of nitrogens with zero attached hydrogens (tertiary/aromatic N) is 2. The fourth-order valence-electron chi connectivity index (χ4n) is 2.11. The first kappa shape index (κ1) is 16.6. The average Bonchev–Trinajstić information content (AvgIpc) is 2.52. The summed E-state index contributed by atoms with van der Waals surface area (Å²) in [5.74, 6) is -0.350. The summed E-state index contributed by atoms with van der Waals surface area (Å²) >= 11 is 0. The number of carboxylic acids is 1. The maximum absolute atomic E-state index is 11.9. The van der Waals surface area contributed by atoms with Crippen molar-refractivity contribution in [3.8, 4) is 11.4 Å². The number of aryl methyl sites for hydroxylation is 1. The van der Waals surface area contributed by atoms with Crippen LogP contribution in [0.25, 0.3) is 11.4 Å². The zero-order valence-electron chi connectivity index (χ0n) is 13.0. The maximum Gasteiger partial charge on any atom is 0.303 e. The van der Waals surface area contributed by atoms with Crippen LogP contribution in [0.15, 0.2) is 36.5 Å². The predicted octanol–water partition coefficient (Wildman–Crippen LogP) is 3.04. The molecule has 2 N–H and O–H groups in total. The van der Waals surface area contributed by atoms with Gasteiger partial charge in [-0.1, -0.05) is 12.1 Å². The van der Waals surface area contributed by atoms with E-state index in [1.54, 1.807) is 12.3 Å². The lowest BCUT2D eigenvalue weighted by Crippen LogP contribution is -2.11. The molecular formula is C17H19N3O3. The molecule has 0 radical (unpaired) electrons. The lowest BCUT2D eigenvalue weighted by molar-refractivity contribution is -0.137. The van der Waals surface area contributed by atoms with Crippen LogP contribution >= 0.6 is 0 Å². The third kappa shape index (κ3) is 5.50. The number of carbonyl (C=O) groups excluding carboxylic acids is 1. The molecule has 23 heavy (non-hydrogen) atoms. The number of hydrogen-bond acceptors (Lipinski definition) is 4. The van der Waals surface area contributed by atoms with Gasteiger partial charge in [-0.3, -0.25) is 9.59 Å². The van der Waals surface area contributed by atoms with Crippen LogP contribution < -0.4 is 5.32 Å². The molecule has 1 heterocycles. The Morgan fingerprint density at radius 1 is 1.17 bits per heavy atom. The van der Waals surface area contributed by atoms with Crippen LogP contribution in [0.1, 0.15) is 31.4 Å². The molecule has 0 aliphatic heterocycles. The standard InChI is InChI=1S/C17H19N3O3/c1-12-9-10-18-17(19-12)13-5-4-6-14(11-13)20-15(21)7-2-3-8-16(22)23/h4-6,9-11H,2-3,7-8H2,1H3,(H,20,21)(H,22,23). The molecule has 0 atom stereocenters. The van der Waals surface area contributed by atoms with E-state index in [1.807, 2.05) is 31.2 Å². The Hall–Kier alpha value is -2.76. The largest absolute Gasteiger partial charge is 0.481 e. The molecule has 6 nitrogen and oxygen atoms in total. The van der Waals surface area contributed by atoms with Crippen LogP contribution in [0.3, 0.4) is 0 Å². The van der Waals surface area contributed by atoms with E-state index < -0.39 is 5.97 Å². The van der Waals surface area contributed by atoms with Crippen molar-refractivity contribution in [2.24, 2.45) is 0 Å². The van der Waals surface area contributed by atoms with Gasteiger partial charge < -0.3 is 10.4 Å². The fraction of sp³-hybridized carbons (Fsp3) is 0.294. The fourth-order valence-corrected chi connectivity index (χ4v) is 2.11. The van der Waals surface area contributed by atoms with Crippen molar-refractivity contribution < 1.29 is 14.7 Å². The van der Waals surface area contributed by atoms with Gasteiger partial charge in [0.25, 0.3) is 0 Å². The Morgan fingerprint density at radius 2 is 1.96 bits per heavy atom. The number of nitrogens with one attached hydrogen (secondary N) is 1. The number of benzene rings is 1. The zero-order chi connectivity index (χ0) is 16.7. The van der Waals surface area contributed by atoms with Crippen LogP contribution in [0, 0.1) is 6.92 Å². The quantitative estimate of drug-likeness (QED) is 0.766. The van der Waals surface area contributed by atoms with Gasteiger partial charge in [0.1, 0.15) is 0 Å². The van der Waals surface area contributed by atoms with Crippen molar-refractivity contribution in [3.05, 3.63) is 42.2 Å². The molecule has 6 heteroatoms. The van der Waals surface area contributed by atoms with Gasteiger partial charge in [0, 0.05) is 36.0 Å². The molecule has 0 aliphatic rings. The SMILES string of the molecule is Cc1ccnc(-c2cccc(NC(=O)CCCCC(=O)O)c2)n1. The summed E-state index contributed by atoms with van der Waals surface area (Å²) in [6, 6.07) is 9.17. The lowest BCUT2D eigenvalue weighted by atomic mass is 10.1. The van der Waals surface area contributed by atoms with Gasteiger partial charge in [-0.05, 0) is 38.0 Å². The molecule has 0 bridgehead atoms. The van der Waals surface area contributed by atoms with Gasteiger partial charge in [0.15, 0.2) is 5.82 Å². The van der Waals surface area contributed by atoms with Crippen molar-refractivity contribution >= 4 is 17.6 Å². The van der Waals surface area contributed by atoms with Crippen LogP contribution in [-0.4, -0.2) is 27.0 Å². The minimum atomic E-state index is -0.837. The summed E-state index contributed by atoms with van der Waals surface area (Å²) in [4.78, 5) is 30.9. The molecule has 1 amide bonds. The Morgan fingerprint density at radius 3 is 2.70 bits per heavy atom. The zero-order valence-corrected chi connectivity index (χ0v) is 13.0. The summed E-state index contributed by atoms with van der Waals surface area (Å²) < 4.78 is 0. The lowest BCUT2D eigenvalue weighted by Gasteiger charge is -2.07. The number of amides is 1. The summed E-state index contributed by atoms with van der Waals surface area (Å²) in [5.41, 5.74) is 2.39. The van der Waals surface area contributed by atoms with E-state index in [-0.39, 0.29) is 12.3 Å². The Labute approximate surface area is 134 Å². The van der Waals surface area contributed by atoms with E-state index in [1.165, 1.54) is 0 Å². The van der Waals surface area contributed by atoms with Crippen LogP contribution in [0.4, 0.5) is 5.69 Å². The van der Waals surface area contributed by atoms with E-state index in [0.717, 1.165) is 11.3 Å². The Kier molecular flexibility index (Phi) is 5.80. The van der Waals surface area contributed by atoms with Gasteiger partial charge in [0.2, 0.25) is 5.91 Å². The first-order valence-corrected chi connectivity index (χ1v) is 7.46. The van der Waals surface area contributed by atoms with Crippen LogP contribution in [0.2, 0.25) is 0 Å². The maximum atomic E-state index is 11.9. The number of unbranched alkanes of at least 4 members (excludes halogenated alkanes) is 1. The number of carbonyl (C=O) groups is 2. The van der Waals surface area contributed by atoms with Crippen LogP contribution in [0.5, 0.6) is 0 Å². The van der Waals surface area contributed by atoms with Crippen molar-refractivity contribution in [2.75, 3.05) is 5.32 Å². The topological polar surface area (TPSA) is 92.2 Å². The second kappa shape index (κ2) is 8.03. The molecule has 2 aromatic rings. The number of anilines is 1. The smallest absolute Gasteiger partial charge is 0.303 e. The number of aliphatic carboxylic acids is 1. The minimum Gasteiger partial charge on any atom is -0.481 e. The van der Waals surface area contributed by atoms with Gasteiger partial charge in [-0.25, -0.2) is 9.97 Å². The molecule has 0 spiro atoms. The van der Waals surface area contributed by atoms with Gasteiger partial charge in [-0.2, -0.15) is 0 Å². The summed E-state index contributed by atoms with van der Waals surface area (Å²) in [6.07, 6.45) is 3.15. The summed E-state index contributed by atoms with van der Waals surface area (Å²) in [7, 11) is 0. The van der Waals surface area contributed by atoms with E-state index in [4.69, 9.17) is 5.11 Å². The molecule has 0 saturated carbocycles. The third-order valence-electron chi connectivity index (χ3n) is 3.24. The third-order valence-corrected chi connectivity index (χ3v) is 3.24.